The summed E-state index contributed by atoms with van der Waals surface area (Å²) in [4.78, 5) is 15.2. The molecule has 0 fully saturated rings. The molecule has 0 radical (unpaired) electrons. The van der Waals surface area contributed by atoms with E-state index >= 15 is 0 Å². The molecule has 1 aromatic carbocycles. The fourth-order valence-electron chi connectivity index (χ4n) is 3.79. The number of benzene rings is 1. The average molecular weight is 390 g/mol. The number of para-hydroxylation sites is 1. The molecule has 1 amide bonds. The van der Waals surface area contributed by atoms with Crippen LogP contribution in [-0.4, -0.2) is 42.8 Å². The van der Waals surface area contributed by atoms with Crippen molar-refractivity contribution in [3.05, 3.63) is 47.3 Å². The maximum absolute atomic E-state index is 13.3. The van der Waals surface area contributed by atoms with E-state index in [0.717, 1.165) is 24.1 Å². The Bertz CT molecular complexity index is 959. The molecule has 6 nitrogen and oxygen atoms in total. The van der Waals surface area contributed by atoms with E-state index < -0.39 is 10.0 Å². The van der Waals surface area contributed by atoms with Crippen LogP contribution >= 0.6 is 0 Å². The summed E-state index contributed by atoms with van der Waals surface area (Å²) in [5.74, 6) is -0.159. The van der Waals surface area contributed by atoms with Gasteiger partial charge in [-0.3, -0.25) is 4.79 Å². The Kier molecular flexibility index (Phi) is 5.44. The van der Waals surface area contributed by atoms with Crippen LogP contribution in [0.1, 0.15) is 41.9 Å². The minimum absolute atomic E-state index is 0.159. The number of nitrogens with zero attached hydrogens (tertiary/aromatic N) is 3. The van der Waals surface area contributed by atoms with Crippen molar-refractivity contribution in [1.82, 2.24) is 8.87 Å². The Morgan fingerprint density at radius 1 is 1.22 bits per heavy atom. The first kappa shape index (κ1) is 19.6. The molecule has 146 valence electrons. The molecule has 0 bridgehead atoms. The van der Waals surface area contributed by atoms with Crippen LogP contribution in [0.5, 0.6) is 0 Å². The first-order valence-corrected chi connectivity index (χ1v) is 10.8. The minimum Gasteiger partial charge on any atom is -0.345 e. The molecule has 2 aromatic rings. The Balaban J connectivity index is 2.00. The lowest BCUT2D eigenvalue weighted by atomic mass is 9.98. The van der Waals surface area contributed by atoms with Crippen molar-refractivity contribution >= 4 is 21.6 Å². The Morgan fingerprint density at radius 2 is 1.93 bits per heavy atom. The molecule has 0 spiro atoms. The van der Waals surface area contributed by atoms with E-state index in [1.165, 1.54) is 22.1 Å². The summed E-state index contributed by atoms with van der Waals surface area (Å²) in [6, 6.07) is 7.58. The average Bonchev–Trinajstić information content (AvgIpc) is 3.04. The van der Waals surface area contributed by atoms with Gasteiger partial charge in [0, 0.05) is 32.9 Å². The molecule has 2 heterocycles. The van der Waals surface area contributed by atoms with Crippen molar-refractivity contribution in [3.8, 4) is 0 Å². The second-order valence-corrected chi connectivity index (χ2v) is 8.84. The number of carbonyl (C=O) groups excluding carboxylic acids is 1. The number of rotatable bonds is 5. The third-order valence-electron chi connectivity index (χ3n) is 5.21. The molecule has 7 heteroatoms. The van der Waals surface area contributed by atoms with Crippen LogP contribution < -0.4 is 4.90 Å². The lowest BCUT2D eigenvalue weighted by Gasteiger charge is -2.31. The van der Waals surface area contributed by atoms with Gasteiger partial charge in [-0.05, 0) is 37.0 Å². The first-order chi connectivity index (χ1) is 12.8. The van der Waals surface area contributed by atoms with E-state index in [-0.39, 0.29) is 10.8 Å². The highest BCUT2D eigenvalue weighted by Gasteiger charge is 2.30. The van der Waals surface area contributed by atoms with Crippen molar-refractivity contribution in [1.29, 1.82) is 0 Å². The summed E-state index contributed by atoms with van der Waals surface area (Å²) in [6.45, 7) is 7.06. The van der Waals surface area contributed by atoms with Crippen LogP contribution in [0.25, 0.3) is 0 Å². The van der Waals surface area contributed by atoms with E-state index in [4.69, 9.17) is 0 Å². The van der Waals surface area contributed by atoms with E-state index in [0.29, 0.717) is 25.3 Å². The Labute approximate surface area is 161 Å². The highest BCUT2D eigenvalue weighted by Crippen LogP contribution is 2.32. The summed E-state index contributed by atoms with van der Waals surface area (Å²) in [5, 5.41) is 0. The van der Waals surface area contributed by atoms with Gasteiger partial charge in [-0.25, -0.2) is 8.42 Å². The molecule has 1 aliphatic rings. The highest BCUT2D eigenvalue weighted by atomic mass is 32.2. The van der Waals surface area contributed by atoms with Gasteiger partial charge in [-0.15, -0.1) is 0 Å². The van der Waals surface area contributed by atoms with Crippen molar-refractivity contribution in [2.75, 3.05) is 24.5 Å². The van der Waals surface area contributed by atoms with Gasteiger partial charge in [0.2, 0.25) is 10.0 Å². The number of hydrogen-bond acceptors (Lipinski definition) is 3. The van der Waals surface area contributed by atoms with E-state index in [1.807, 2.05) is 32.9 Å². The van der Waals surface area contributed by atoms with Gasteiger partial charge in [0.1, 0.15) is 10.6 Å². The number of amides is 1. The summed E-state index contributed by atoms with van der Waals surface area (Å²) >= 11 is 0. The summed E-state index contributed by atoms with van der Waals surface area (Å²) < 4.78 is 28.6. The second kappa shape index (κ2) is 7.48. The lowest BCUT2D eigenvalue weighted by Crippen LogP contribution is -2.37. The van der Waals surface area contributed by atoms with Crippen LogP contribution in [0.15, 0.2) is 35.4 Å². The van der Waals surface area contributed by atoms with E-state index in [9.17, 15) is 13.2 Å². The van der Waals surface area contributed by atoms with Crippen molar-refractivity contribution < 1.29 is 13.2 Å². The number of anilines is 1. The largest absolute Gasteiger partial charge is 0.345 e. The minimum atomic E-state index is -3.59. The highest BCUT2D eigenvalue weighted by molar-refractivity contribution is 7.89. The molecule has 0 N–H and O–H groups in total. The third-order valence-corrected chi connectivity index (χ3v) is 7.22. The maximum Gasteiger partial charge on any atom is 0.274 e. The lowest BCUT2D eigenvalue weighted by molar-refractivity contribution is 0.0977. The molecule has 0 aliphatic carbocycles. The van der Waals surface area contributed by atoms with Gasteiger partial charge in [0.05, 0.1) is 5.69 Å². The van der Waals surface area contributed by atoms with Crippen LogP contribution in [0, 0.1) is 6.92 Å². The summed E-state index contributed by atoms with van der Waals surface area (Å²) in [6.07, 6.45) is 3.39. The summed E-state index contributed by atoms with van der Waals surface area (Å²) in [5.41, 5.74) is 3.57. The number of aryl methyl sites for hydroxylation is 3. The van der Waals surface area contributed by atoms with Crippen LogP contribution in [0.4, 0.5) is 5.69 Å². The smallest absolute Gasteiger partial charge is 0.274 e. The van der Waals surface area contributed by atoms with Crippen LogP contribution in [-0.2, 0) is 23.5 Å². The zero-order valence-corrected chi connectivity index (χ0v) is 17.2. The van der Waals surface area contributed by atoms with Crippen molar-refractivity contribution in [2.45, 2.75) is 38.5 Å². The van der Waals surface area contributed by atoms with Crippen molar-refractivity contribution in [2.24, 2.45) is 7.05 Å². The summed E-state index contributed by atoms with van der Waals surface area (Å²) in [7, 11) is -1.87. The number of carbonyl (C=O) groups is 1. The van der Waals surface area contributed by atoms with Crippen LogP contribution in [0.3, 0.4) is 0 Å². The normalized spacial score (nSPS) is 14.5. The number of sulfonamides is 1. The van der Waals surface area contributed by atoms with Gasteiger partial charge < -0.3 is 9.47 Å². The van der Waals surface area contributed by atoms with E-state index in [2.05, 4.69) is 6.07 Å². The number of aromatic nitrogens is 1. The molecule has 27 heavy (non-hydrogen) atoms. The second-order valence-electron chi connectivity index (χ2n) is 6.90. The molecule has 1 aliphatic heterocycles. The predicted octanol–water partition coefficient (Wildman–Crippen LogP) is 2.96. The van der Waals surface area contributed by atoms with Gasteiger partial charge in [-0.1, -0.05) is 32.0 Å². The molecular weight excluding hydrogens is 362 g/mol. The molecule has 0 saturated carbocycles. The standard InChI is InChI=1S/C20H27N3O3S/c1-5-22(6-2)27(25,26)17-13-18(21(4)14-17)20(24)23-12-8-11-16-10-7-9-15(3)19(16)23/h7,9-10,13-14H,5-6,8,11-12H2,1-4H3. The molecule has 0 atom stereocenters. The molecule has 3 rings (SSSR count). The third kappa shape index (κ3) is 3.41. The zero-order chi connectivity index (χ0) is 19.8. The SMILES string of the molecule is CCN(CC)S(=O)(=O)c1cc(C(=O)N2CCCc3cccc(C)c32)n(C)c1. The Hall–Kier alpha value is -2.12. The van der Waals surface area contributed by atoms with Gasteiger partial charge in [0.25, 0.3) is 5.91 Å². The van der Waals surface area contributed by atoms with Gasteiger partial charge in [0.15, 0.2) is 0 Å². The molecular formula is C20H27N3O3S. The quantitative estimate of drug-likeness (QED) is 0.790. The fourth-order valence-corrected chi connectivity index (χ4v) is 5.32. The van der Waals surface area contributed by atoms with Gasteiger partial charge in [-0.2, -0.15) is 4.31 Å². The zero-order valence-electron chi connectivity index (χ0n) is 16.4. The Morgan fingerprint density at radius 3 is 2.59 bits per heavy atom. The predicted molar refractivity (Wildman–Crippen MR) is 107 cm³/mol. The fraction of sp³-hybridized carbons (Fsp3) is 0.450. The maximum atomic E-state index is 13.3. The van der Waals surface area contributed by atoms with Crippen molar-refractivity contribution in [3.63, 3.8) is 0 Å². The molecule has 0 saturated heterocycles. The number of hydrogen-bond donors (Lipinski definition) is 0. The number of fused-ring (bicyclic) bond motifs is 1. The monoisotopic (exact) mass is 389 g/mol. The molecule has 1 aromatic heterocycles. The molecule has 0 unspecified atom stereocenters. The van der Waals surface area contributed by atoms with Crippen LogP contribution in [0.2, 0.25) is 0 Å². The topological polar surface area (TPSA) is 62.6 Å². The van der Waals surface area contributed by atoms with Gasteiger partial charge >= 0.3 is 0 Å². The van der Waals surface area contributed by atoms with E-state index in [1.54, 1.807) is 16.5 Å². The first-order valence-electron chi connectivity index (χ1n) is 9.38.